The molecule has 3 N–H and O–H groups in total. The lowest BCUT2D eigenvalue weighted by Crippen LogP contribution is -2.02. The van der Waals surface area contributed by atoms with E-state index in [2.05, 4.69) is 9.97 Å². The second-order valence-corrected chi connectivity index (χ2v) is 5.97. The Labute approximate surface area is 140 Å². The molecule has 1 aromatic carbocycles. The van der Waals surface area contributed by atoms with Gasteiger partial charge in [0.05, 0.1) is 6.20 Å². The van der Waals surface area contributed by atoms with Crippen molar-refractivity contribution < 1.29 is 9.52 Å². The molecule has 0 aliphatic carbocycles. The Morgan fingerprint density at radius 1 is 1.46 bits per heavy atom. The highest BCUT2D eigenvalue weighted by atomic mass is 32.2. The average molecular weight is 340 g/mol. The molecule has 0 fully saturated rings. The molecule has 0 unspecified atom stereocenters. The van der Waals surface area contributed by atoms with Crippen molar-refractivity contribution in [2.75, 3.05) is 5.73 Å². The van der Waals surface area contributed by atoms with Crippen molar-refractivity contribution in [3.8, 4) is 11.8 Å². The quantitative estimate of drug-likeness (QED) is 0.422. The third-order valence-electron chi connectivity index (χ3n) is 3.49. The zero-order chi connectivity index (χ0) is 17.3. The Bertz CT molecular complexity index is 1040. The molecule has 0 saturated heterocycles. The molecule has 0 aliphatic rings. The number of aromatic hydroxyl groups is 1. The molecule has 2 aromatic heterocycles. The highest BCUT2D eigenvalue weighted by molar-refractivity contribution is 7.98. The predicted octanol–water partition coefficient (Wildman–Crippen LogP) is 2.34. The highest BCUT2D eigenvalue weighted by Crippen LogP contribution is 2.30. The van der Waals surface area contributed by atoms with Crippen molar-refractivity contribution in [2.24, 2.45) is 0 Å². The number of hydrogen-bond acceptors (Lipinski definition) is 8. The van der Waals surface area contributed by atoms with Gasteiger partial charge in [0.15, 0.2) is 5.16 Å². The fourth-order valence-corrected chi connectivity index (χ4v) is 3.02. The molecule has 0 bridgehead atoms. The van der Waals surface area contributed by atoms with E-state index >= 15 is 0 Å². The Morgan fingerprint density at radius 3 is 2.96 bits per heavy atom. The second kappa shape index (κ2) is 6.22. The largest absolute Gasteiger partial charge is 0.508 e. The monoisotopic (exact) mass is 340 g/mol. The van der Waals surface area contributed by atoms with Gasteiger partial charge in [-0.25, -0.2) is 14.8 Å². The van der Waals surface area contributed by atoms with Crippen LogP contribution in [-0.4, -0.2) is 15.1 Å². The van der Waals surface area contributed by atoms with Crippen molar-refractivity contribution in [2.45, 2.75) is 17.8 Å². The number of hydrogen-bond donors (Lipinski definition) is 2. The standard InChI is InChI=1S/C16H12N4O3S/c1-8-12(21)3-2-11-9(4-13(22)23-14(8)11)7-24-16-19-6-10(5-17)15(18)20-16/h2-4,6,21H,7H2,1H3,(H2,18,19,20). The summed E-state index contributed by atoms with van der Waals surface area (Å²) in [6.45, 7) is 1.68. The molecule has 8 heteroatoms. The van der Waals surface area contributed by atoms with Crippen LogP contribution in [0.25, 0.3) is 11.0 Å². The number of phenolic OH excluding ortho intramolecular Hbond substituents is 1. The van der Waals surface area contributed by atoms with Crippen molar-refractivity contribution in [1.82, 2.24) is 9.97 Å². The van der Waals surface area contributed by atoms with Crippen molar-refractivity contribution in [3.05, 3.63) is 51.5 Å². The van der Waals surface area contributed by atoms with E-state index in [1.165, 1.54) is 24.0 Å². The highest BCUT2D eigenvalue weighted by Gasteiger charge is 2.12. The van der Waals surface area contributed by atoms with Gasteiger partial charge in [-0.1, -0.05) is 11.8 Å². The topological polar surface area (TPSA) is 126 Å². The fraction of sp³-hybridized carbons (Fsp3) is 0.125. The van der Waals surface area contributed by atoms with Crippen LogP contribution in [0.1, 0.15) is 16.7 Å². The van der Waals surface area contributed by atoms with Crippen LogP contribution in [0.4, 0.5) is 5.82 Å². The Kier molecular flexibility index (Phi) is 4.10. The first-order chi connectivity index (χ1) is 11.5. The molecule has 0 saturated carbocycles. The van der Waals surface area contributed by atoms with Crippen LogP contribution in [0.15, 0.2) is 38.8 Å². The number of nitrogens with zero attached hydrogens (tertiary/aromatic N) is 3. The van der Waals surface area contributed by atoms with E-state index in [9.17, 15) is 9.90 Å². The number of nitrogens with two attached hydrogens (primary N) is 1. The number of anilines is 1. The molecule has 0 atom stereocenters. The lowest BCUT2D eigenvalue weighted by molar-refractivity contribution is 0.468. The zero-order valence-corrected chi connectivity index (χ0v) is 13.4. The van der Waals surface area contributed by atoms with E-state index in [1.807, 2.05) is 6.07 Å². The number of benzene rings is 1. The van der Waals surface area contributed by atoms with Gasteiger partial charge in [0.2, 0.25) is 0 Å². The third kappa shape index (κ3) is 2.89. The van der Waals surface area contributed by atoms with E-state index < -0.39 is 5.63 Å². The maximum atomic E-state index is 11.8. The van der Waals surface area contributed by atoms with Gasteiger partial charge < -0.3 is 15.3 Å². The first kappa shape index (κ1) is 15.8. The van der Waals surface area contributed by atoms with Gasteiger partial charge in [-0.2, -0.15) is 5.26 Å². The van der Waals surface area contributed by atoms with Crippen LogP contribution in [0.5, 0.6) is 5.75 Å². The number of nitrogen functional groups attached to an aromatic ring is 1. The summed E-state index contributed by atoms with van der Waals surface area (Å²) in [5, 5.41) is 19.7. The van der Waals surface area contributed by atoms with E-state index in [0.29, 0.717) is 22.1 Å². The molecule has 2 heterocycles. The van der Waals surface area contributed by atoms with Crippen LogP contribution >= 0.6 is 11.8 Å². The molecule has 3 aromatic rings. The van der Waals surface area contributed by atoms with E-state index in [-0.39, 0.29) is 17.1 Å². The summed E-state index contributed by atoms with van der Waals surface area (Å²) in [4.78, 5) is 19.9. The Balaban J connectivity index is 1.96. The van der Waals surface area contributed by atoms with Crippen LogP contribution in [0.3, 0.4) is 0 Å². The molecule has 0 spiro atoms. The minimum Gasteiger partial charge on any atom is -0.508 e. The molecular weight excluding hydrogens is 328 g/mol. The van der Waals surface area contributed by atoms with Gasteiger partial charge in [0.25, 0.3) is 0 Å². The molecule has 0 radical (unpaired) electrons. The van der Waals surface area contributed by atoms with Crippen molar-refractivity contribution in [3.63, 3.8) is 0 Å². The van der Waals surface area contributed by atoms with Crippen molar-refractivity contribution in [1.29, 1.82) is 5.26 Å². The number of fused-ring (bicyclic) bond motifs is 1. The third-order valence-corrected chi connectivity index (χ3v) is 4.40. The summed E-state index contributed by atoms with van der Waals surface area (Å²) >= 11 is 1.29. The minimum absolute atomic E-state index is 0.0682. The molecule has 120 valence electrons. The molecule has 0 amide bonds. The van der Waals surface area contributed by atoms with Crippen LogP contribution in [0.2, 0.25) is 0 Å². The fourth-order valence-electron chi connectivity index (χ4n) is 2.21. The lowest BCUT2D eigenvalue weighted by atomic mass is 10.1. The SMILES string of the molecule is Cc1c(O)ccc2c(CSc3ncc(C#N)c(N)n3)cc(=O)oc12. The number of aryl methyl sites for hydroxylation is 1. The van der Waals surface area contributed by atoms with E-state index in [1.54, 1.807) is 19.1 Å². The average Bonchev–Trinajstić information content (AvgIpc) is 2.56. The summed E-state index contributed by atoms with van der Waals surface area (Å²) in [7, 11) is 0. The van der Waals surface area contributed by atoms with Crippen molar-refractivity contribution >= 4 is 28.5 Å². The van der Waals surface area contributed by atoms with Gasteiger partial charge in [-0.15, -0.1) is 0 Å². The predicted molar refractivity (Wildman–Crippen MR) is 89.6 cm³/mol. The van der Waals surface area contributed by atoms with Gasteiger partial charge in [-0.3, -0.25) is 0 Å². The van der Waals surface area contributed by atoms with E-state index in [4.69, 9.17) is 15.4 Å². The summed E-state index contributed by atoms with van der Waals surface area (Å²) in [6, 6.07) is 6.56. The number of phenols is 1. The first-order valence-electron chi connectivity index (χ1n) is 6.90. The zero-order valence-electron chi connectivity index (χ0n) is 12.6. The van der Waals surface area contributed by atoms with E-state index in [0.717, 1.165) is 10.9 Å². The molecule has 3 rings (SSSR count). The maximum absolute atomic E-state index is 11.8. The number of nitriles is 1. The molecule has 0 aliphatic heterocycles. The normalized spacial score (nSPS) is 10.7. The lowest BCUT2D eigenvalue weighted by Gasteiger charge is -2.08. The number of aromatic nitrogens is 2. The number of rotatable bonds is 3. The Hall–Kier alpha value is -3.05. The van der Waals surface area contributed by atoms with Crippen LogP contribution < -0.4 is 11.4 Å². The van der Waals surface area contributed by atoms with Crippen LogP contribution in [0, 0.1) is 18.3 Å². The second-order valence-electron chi connectivity index (χ2n) is 5.03. The van der Waals surface area contributed by atoms with Gasteiger partial charge in [0.1, 0.15) is 28.8 Å². The molecule has 7 nitrogen and oxygen atoms in total. The molecular formula is C16H12N4O3S. The Morgan fingerprint density at radius 2 is 2.25 bits per heavy atom. The number of thioether (sulfide) groups is 1. The van der Waals surface area contributed by atoms with Gasteiger partial charge in [-0.05, 0) is 24.6 Å². The summed E-state index contributed by atoms with van der Waals surface area (Å²) in [6.07, 6.45) is 1.37. The smallest absolute Gasteiger partial charge is 0.336 e. The summed E-state index contributed by atoms with van der Waals surface area (Å²) in [5.41, 5.74) is 7.00. The van der Waals surface area contributed by atoms with Gasteiger partial charge in [0, 0.05) is 22.8 Å². The summed E-state index contributed by atoms with van der Waals surface area (Å²) < 4.78 is 5.20. The first-order valence-corrected chi connectivity index (χ1v) is 7.89. The van der Waals surface area contributed by atoms with Gasteiger partial charge >= 0.3 is 5.63 Å². The minimum atomic E-state index is -0.493. The molecule has 24 heavy (non-hydrogen) atoms. The maximum Gasteiger partial charge on any atom is 0.336 e. The summed E-state index contributed by atoms with van der Waals surface area (Å²) in [5.74, 6) is 0.601. The van der Waals surface area contributed by atoms with Crippen LogP contribution in [-0.2, 0) is 5.75 Å².